The summed E-state index contributed by atoms with van der Waals surface area (Å²) in [4.78, 5) is 22.1. The number of aromatic nitrogens is 2. The molecule has 0 bridgehead atoms. The minimum Gasteiger partial charge on any atom is -0.368 e. The van der Waals surface area contributed by atoms with Gasteiger partial charge >= 0.3 is 0 Å². The lowest BCUT2D eigenvalue weighted by molar-refractivity contribution is -0.125. The van der Waals surface area contributed by atoms with Crippen LogP contribution in [0.15, 0.2) is 78.2 Å². The summed E-state index contributed by atoms with van der Waals surface area (Å²) in [6, 6.07) is 15.6. The number of carbonyl (C=O) groups is 1. The van der Waals surface area contributed by atoms with Crippen LogP contribution in [0.3, 0.4) is 0 Å². The minimum absolute atomic E-state index is 0.417. The Morgan fingerprint density at radius 1 is 1.04 bits per heavy atom. The van der Waals surface area contributed by atoms with Crippen molar-refractivity contribution in [1.82, 2.24) is 15.3 Å². The molecule has 0 saturated carbocycles. The molecule has 0 saturated heterocycles. The Hall–Kier alpha value is -2.70. The molecule has 6 heteroatoms. The number of amides is 1. The van der Waals surface area contributed by atoms with Crippen LogP contribution in [0.4, 0.5) is 0 Å². The van der Waals surface area contributed by atoms with Gasteiger partial charge in [-0.1, -0.05) is 18.2 Å². The van der Waals surface area contributed by atoms with Crippen molar-refractivity contribution in [2.24, 2.45) is 5.73 Å². The number of carbonyl (C=O) groups excluding carboxylic acids is 1. The van der Waals surface area contributed by atoms with Crippen LogP contribution in [-0.4, -0.2) is 22.1 Å². The lowest BCUT2D eigenvalue weighted by atomic mass is 9.83. The quantitative estimate of drug-likeness (QED) is 0.589. The number of hydrogen-bond donors (Lipinski definition) is 2. The van der Waals surface area contributed by atoms with Crippen molar-refractivity contribution in [3.8, 4) is 0 Å². The molecule has 0 fully saturated rings. The lowest BCUT2D eigenvalue weighted by Crippen LogP contribution is -2.54. The second kappa shape index (κ2) is 8.79. The van der Waals surface area contributed by atoms with Gasteiger partial charge in [0.1, 0.15) is 5.54 Å². The fraction of sp³-hybridized carbons (Fsp3) is 0.190. The minimum atomic E-state index is -1.04. The van der Waals surface area contributed by atoms with Crippen LogP contribution in [0.2, 0.25) is 0 Å². The number of thioether (sulfide) groups is 1. The number of nitrogens with two attached hydrogens (primary N) is 1. The van der Waals surface area contributed by atoms with Crippen LogP contribution >= 0.6 is 11.8 Å². The summed E-state index contributed by atoms with van der Waals surface area (Å²) in [5.41, 5.74) is 7.71. The van der Waals surface area contributed by atoms with Crippen molar-refractivity contribution in [2.75, 3.05) is 6.26 Å². The van der Waals surface area contributed by atoms with Crippen molar-refractivity contribution < 1.29 is 4.79 Å². The molecule has 3 rings (SSSR count). The van der Waals surface area contributed by atoms with E-state index in [1.165, 1.54) is 0 Å². The van der Waals surface area contributed by atoms with E-state index in [4.69, 9.17) is 5.73 Å². The summed E-state index contributed by atoms with van der Waals surface area (Å²) < 4.78 is 0. The third-order valence-corrected chi connectivity index (χ3v) is 5.28. The molecule has 138 valence electrons. The first-order valence-corrected chi connectivity index (χ1v) is 9.84. The highest BCUT2D eigenvalue weighted by molar-refractivity contribution is 7.98. The van der Waals surface area contributed by atoms with Crippen molar-refractivity contribution in [1.29, 1.82) is 0 Å². The first-order chi connectivity index (χ1) is 13.1. The van der Waals surface area contributed by atoms with E-state index in [9.17, 15) is 4.79 Å². The summed E-state index contributed by atoms with van der Waals surface area (Å²) in [7, 11) is 0. The Kier molecular flexibility index (Phi) is 6.21. The van der Waals surface area contributed by atoms with Crippen LogP contribution in [0.1, 0.15) is 16.7 Å². The Morgan fingerprint density at radius 3 is 2.37 bits per heavy atom. The van der Waals surface area contributed by atoms with E-state index >= 15 is 0 Å². The first-order valence-electron chi connectivity index (χ1n) is 8.61. The second-order valence-corrected chi connectivity index (χ2v) is 7.12. The third kappa shape index (κ3) is 4.53. The summed E-state index contributed by atoms with van der Waals surface area (Å²) in [5, 5.41) is 3.41. The number of benzene rings is 1. The fourth-order valence-electron chi connectivity index (χ4n) is 3.02. The summed E-state index contributed by atoms with van der Waals surface area (Å²) >= 11 is 1.66. The molecule has 1 atom stereocenters. The molecule has 2 heterocycles. The zero-order valence-corrected chi connectivity index (χ0v) is 15.9. The molecule has 0 aliphatic carbocycles. The van der Waals surface area contributed by atoms with Gasteiger partial charge in [0.05, 0.1) is 0 Å². The standard InChI is InChI=1S/C21H22N4OS/c1-27-19-6-4-18(5-7-19)21(20(22)26,13-17-3-2-10-24-14-17)25-15-16-8-11-23-12-9-16/h2-12,14,25H,13,15H2,1H3,(H2,22,26). The predicted molar refractivity (Wildman–Crippen MR) is 108 cm³/mol. The third-order valence-electron chi connectivity index (χ3n) is 4.54. The number of primary amides is 1. The average molecular weight is 379 g/mol. The first kappa shape index (κ1) is 19.1. The summed E-state index contributed by atoms with van der Waals surface area (Å²) in [6.07, 6.45) is 9.39. The molecular weight excluding hydrogens is 356 g/mol. The maximum absolute atomic E-state index is 12.7. The van der Waals surface area contributed by atoms with Crippen molar-refractivity contribution in [2.45, 2.75) is 23.4 Å². The molecule has 0 radical (unpaired) electrons. The monoisotopic (exact) mass is 378 g/mol. The number of pyridine rings is 2. The van der Waals surface area contributed by atoms with Gasteiger partial charge in [-0.25, -0.2) is 0 Å². The highest BCUT2D eigenvalue weighted by Crippen LogP contribution is 2.28. The molecule has 0 aliphatic rings. The van der Waals surface area contributed by atoms with Gasteiger partial charge in [0.2, 0.25) is 5.91 Å². The number of rotatable bonds is 8. The van der Waals surface area contributed by atoms with E-state index in [2.05, 4.69) is 15.3 Å². The summed E-state index contributed by atoms with van der Waals surface area (Å²) in [5.74, 6) is -0.419. The van der Waals surface area contributed by atoms with Gasteiger partial charge in [-0.2, -0.15) is 0 Å². The number of hydrogen-bond acceptors (Lipinski definition) is 5. The second-order valence-electron chi connectivity index (χ2n) is 6.25. The van der Waals surface area contributed by atoms with E-state index in [1.54, 1.807) is 36.5 Å². The van der Waals surface area contributed by atoms with Crippen LogP contribution in [0.25, 0.3) is 0 Å². The van der Waals surface area contributed by atoms with Gasteiger partial charge < -0.3 is 5.73 Å². The molecule has 0 aliphatic heterocycles. The zero-order chi connectivity index (χ0) is 19.1. The van der Waals surface area contributed by atoms with E-state index in [0.29, 0.717) is 13.0 Å². The van der Waals surface area contributed by atoms with Gasteiger partial charge in [-0.05, 0) is 53.3 Å². The van der Waals surface area contributed by atoms with Crippen LogP contribution in [0, 0.1) is 0 Å². The highest BCUT2D eigenvalue weighted by atomic mass is 32.2. The maximum atomic E-state index is 12.7. The predicted octanol–water partition coefficient (Wildman–Crippen LogP) is 2.91. The van der Waals surface area contributed by atoms with Crippen molar-refractivity contribution in [3.63, 3.8) is 0 Å². The van der Waals surface area contributed by atoms with E-state index in [1.807, 2.05) is 54.8 Å². The van der Waals surface area contributed by atoms with E-state index in [0.717, 1.165) is 21.6 Å². The molecule has 3 N–H and O–H groups in total. The van der Waals surface area contributed by atoms with E-state index in [-0.39, 0.29) is 0 Å². The van der Waals surface area contributed by atoms with Crippen molar-refractivity contribution >= 4 is 17.7 Å². The fourth-order valence-corrected chi connectivity index (χ4v) is 3.43. The molecule has 2 aromatic heterocycles. The Bertz CT molecular complexity index is 872. The lowest BCUT2D eigenvalue weighted by Gasteiger charge is -2.33. The normalized spacial score (nSPS) is 13.1. The molecule has 1 unspecified atom stereocenters. The Balaban J connectivity index is 1.99. The van der Waals surface area contributed by atoms with Gasteiger partial charge in [0, 0.05) is 42.6 Å². The van der Waals surface area contributed by atoms with Gasteiger partial charge in [-0.3, -0.25) is 20.1 Å². The molecule has 0 spiro atoms. The van der Waals surface area contributed by atoms with Crippen molar-refractivity contribution in [3.05, 3.63) is 90.0 Å². The Labute approximate surface area is 163 Å². The number of nitrogens with zero attached hydrogens (tertiary/aromatic N) is 2. The van der Waals surface area contributed by atoms with Gasteiger partial charge in [-0.15, -0.1) is 11.8 Å². The largest absolute Gasteiger partial charge is 0.368 e. The average Bonchev–Trinajstić information content (AvgIpc) is 2.72. The molecule has 1 amide bonds. The smallest absolute Gasteiger partial charge is 0.242 e. The van der Waals surface area contributed by atoms with Gasteiger partial charge in [0.25, 0.3) is 0 Å². The van der Waals surface area contributed by atoms with Crippen LogP contribution < -0.4 is 11.1 Å². The molecule has 5 nitrogen and oxygen atoms in total. The van der Waals surface area contributed by atoms with Crippen LogP contribution in [0.5, 0.6) is 0 Å². The SMILES string of the molecule is CSc1ccc(C(Cc2cccnc2)(NCc2ccncc2)C(N)=O)cc1. The highest BCUT2D eigenvalue weighted by Gasteiger charge is 2.38. The molecule has 1 aromatic carbocycles. The molecule has 3 aromatic rings. The maximum Gasteiger partial charge on any atom is 0.242 e. The van der Waals surface area contributed by atoms with E-state index < -0.39 is 11.4 Å². The topological polar surface area (TPSA) is 80.9 Å². The molecular formula is C21H22N4OS. The zero-order valence-electron chi connectivity index (χ0n) is 15.1. The number of nitrogens with one attached hydrogen (secondary N) is 1. The summed E-state index contributed by atoms with van der Waals surface area (Å²) in [6.45, 7) is 0.496. The van der Waals surface area contributed by atoms with Crippen LogP contribution in [-0.2, 0) is 23.3 Å². The molecule has 27 heavy (non-hydrogen) atoms. The Morgan fingerprint density at radius 2 is 1.78 bits per heavy atom. The van der Waals surface area contributed by atoms with Gasteiger partial charge in [0.15, 0.2) is 0 Å².